The lowest BCUT2D eigenvalue weighted by atomic mass is 10.2. The van der Waals surface area contributed by atoms with Gasteiger partial charge in [0.15, 0.2) is 5.43 Å². The Bertz CT molecular complexity index is 965. The van der Waals surface area contributed by atoms with Crippen LogP contribution in [0.5, 0.6) is 5.75 Å². The van der Waals surface area contributed by atoms with Gasteiger partial charge in [-0.05, 0) is 30.3 Å². The summed E-state index contributed by atoms with van der Waals surface area (Å²) in [5, 5.41) is 3.58. The fourth-order valence-corrected chi connectivity index (χ4v) is 2.54. The van der Waals surface area contributed by atoms with Crippen molar-refractivity contribution in [2.24, 2.45) is 0 Å². The summed E-state index contributed by atoms with van der Waals surface area (Å²) in [6.45, 7) is 0. The predicted molar refractivity (Wildman–Crippen MR) is 92.8 cm³/mol. The van der Waals surface area contributed by atoms with Gasteiger partial charge in [-0.3, -0.25) is 9.59 Å². The highest BCUT2D eigenvalue weighted by Crippen LogP contribution is 2.23. The van der Waals surface area contributed by atoms with Crippen molar-refractivity contribution in [3.63, 3.8) is 0 Å². The Balaban J connectivity index is 1.83. The Morgan fingerprint density at radius 3 is 2.79 bits per heavy atom. The summed E-state index contributed by atoms with van der Waals surface area (Å²) in [6, 6.07) is 13.2. The molecular formula is C18H14ClNO4. The van der Waals surface area contributed by atoms with E-state index in [9.17, 15) is 9.59 Å². The quantitative estimate of drug-likeness (QED) is 0.785. The number of nitrogens with one attached hydrogen (secondary N) is 1. The molecule has 0 atom stereocenters. The van der Waals surface area contributed by atoms with Crippen LogP contribution in [0.1, 0.15) is 5.76 Å². The first-order valence-corrected chi connectivity index (χ1v) is 7.60. The van der Waals surface area contributed by atoms with E-state index in [4.69, 9.17) is 20.8 Å². The molecule has 0 fully saturated rings. The molecule has 0 aliphatic rings. The number of methoxy groups -OCH3 is 1. The molecule has 1 N–H and O–H groups in total. The van der Waals surface area contributed by atoms with Crippen molar-refractivity contribution in [3.05, 3.63) is 69.5 Å². The van der Waals surface area contributed by atoms with E-state index in [1.54, 1.807) is 36.4 Å². The monoisotopic (exact) mass is 343 g/mol. The van der Waals surface area contributed by atoms with Crippen LogP contribution in [0.4, 0.5) is 5.69 Å². The lowest BCUT2D eigenvalue weighted by Gasteiger charge is -2.09. The van der Waals surface area contributed by atoms with Crippen LogP contribution in [0.25, 0.3) is 11.0 Å². The number of benzene rings is 2. The van der Waals surface area contributed by atoms with E-state index in [0.29, 0.717) is 27.4 Å². The fraction of sp³-hybridized carbons (Fsp3) is 0.111. The van der Waals surface area contributed by atoms with Crippen LogP contribution in [0.15, 0.2) is 57.7 Å². The number of anilines is 1. The highest BCUT2D eigenvalue weighted by Gasteiger charge is 2.11. The van der Waals surface area contributed by atoms with Crippen LogP contribution in [0.2, 0.25) is 5.02 Å². The van der Waals surface area contributed by atoms with Crippen molar-refractivity contribution in [2.75, 3.05) is 12.4 Å². The van der Waals surface area contributed by atoms with Gasteiger partial charge in [0.2, 0.25) is 5.91 Å². The Kier molecular flexibility index (Phi) is 4.53. The van der Waals surface area contributed by atoms with Gasteiger partial charge in [0, 0.05) is 11.1 Å². The number of para-hydroxylation sites is 2. The lowest BCUT2D eigenvalue weighted by molar-refractivity contribution is -0.115. The zero-order valence-electron chi connectivity index (χ0n) is 12.8. The first-order chi connectivity index (χ1) is 11.6. The first-order valence-electron chi connectivity index (χ1n) is 7.22. The van der Waals surface area contributed by atoms with E-state index < -0.39 is 0 Å². The third-order valence-electron chi connectivity index (χ3n) is 3.46. The molecule has 0 bridgehead atoms. The fourth-order valence-electron chi connectivity index (χ4n) is 2.37. The largest absolute Gasteiger partial charge is 0.495 e. The van der Waals surface area contributed by atoms with Gasteiger partial charge in [0.1, 0.15) is 17.1 Å². The predicted octanol–water partition coefficient (Wildman–Crippen LogP) is 3.64. The molecule has 0 aliphatic heterocycles. The summed E-state index contributed by atoms with van der Waals surface area (Å²) in [5.74, 6) is 0.527. The molecule has 3 rings (SSSR count). The summed E-state index contributed by atoms with van der Waals surface area (Å²) in [4.78, 5) is 24.3. The molecule has 0 unspecified atom stereocenters. The van der Waals surface area contributed by atoms with Crippen LogP contribution in [-0.4, -0.2) is 13.0 Å². The Morgan fingerprint density at radius 2 is 2.00 bits per heavy atom. The van der Waals surface area contributed by atoms with Gasteiger partial charge in [0.05, 0.1) is 24.6 Å². The zero-order valence-corrected chi connectivity index (χ0v) is 13.6. The molecule has 0 saturated carbocycles. The van der Waals surface area contributed by atoms with Crippen molar-refractivity contribution in [1.29, 1.82) is 0 Å². The molecule has 24 heavy (non-hydrogen) atoms. The van der Waals surface area contributed by atoms with Crippen LogP contribution in [-0.2, 0) is 11.2 Å². The normalized spacial score (nSPS) is 10.6. The number of fused-ring (bicyclic) bond motifs is 1. The number of rotatable bonds is 4. The number of carbonyl (C=O) groups excluding carboxylic acids is 1. The molecule has 0 spiro atoms. The Morgan fingerprint density at radius 1 is 1.21 bits per heavy atom. The van der Waals surface area contributed by atoms with Crippen molar-refractivity contribution in [3.8, 4) is 5.75 Å². The minimum atomic E-state index is -0.309. The molecule has 122 valence electrons. The molecule has 3 aromatic rings. The highest BCUT2D eigenvalue weighted by atomic mass is 35.5. The Labute approximate surface area is 142 Å². The smallest absolute Gasteiger partial charge is 0.232 e. The number of halogens is 1. The van der Waals surface area contributed by atoms with Gasteiger partial charge in [-0.25, -0.2) is 0 Å². The van der Waals surface area contributed by atoms with Crippen molar-refractivity contribution >= 4 is 34.2 Å². The Hall–Kier alpha value is -2.79. The molecule has 1 aromatic heterocycles. The first kappa shape index (κ1) is 16.1. The summed E-state index contributed by atoms with van der Waals surface area (Å²) >= 11 is 5.88. The standard InChI is InChI=1S/C18H14ClNO4/c1-23-17-5-3-2-4-14(17)20-18(22)10-12-9-15(21)13-8-11(19)6-7-16(13)24-12/h2-9H,10H2,1H3,(H,20,22). The maximum Gasteiger partial charge on any atom is 0.232 e. The minimum Gasteiger partial charge on any atom is -0.495 e. The molecule has 0 radical (unpaired) electrons. The van der Waals surface area contributed by atoms with Gasteiger partial charge in [0.25, 0.3) is 0 Å². The van der Waals surface area contributed by atoms with Gasteiger partial charge in [-0.2, -0.15) is 0 Å². The molecule has 5 nitrogen and oxygen atoms in total. The average molecular weight is 344 g/mol. The lowest BCUT2D eigenvalue weighted by Crippen LogP contribution is -2.16. The second-order valence-electron chi connectivity index (χ2n) is 5.14. The van der Waals surface area contributed by atoms with Crippen LogP contribution in [0.3, 0.4) is 0 Å². The molecule has 0 aliphatic carbocycles. The maximum absolute atomic E-state index is 12.2. The number of hydrogen-bond donors (Lipinski definition) is 1. The molecule has 2 aromatic carbocycles. The summed E-state index contributed by atoms with van der Waals surface area (Å²) < 4.78 is 10.8. The van der Waals surface area contributed by atoms with Crippen LogP contribution in [0, 0.1) is 0 Å². The van der Waals surface area contributed by atoms with E-state index >= 15 is 0 Å². The van der Waals surface area contributed by atoms with E-state index in [2.05, 4.69) is 5.32 Å². The summed E-state index contributed by atoms with van der Waals surface area (Å²) in [7, 11) is 1.53. The van der Waals surface area contributed by atoms with Crippen molar-refractivity contribution in [1.82, 2.24) is 0 Å². The van der Waals surface area contributed by atoms with Gasteiger partial charge >= 0.3 is 0 Å². The second-order valence-corrected chi connectivity index (χ2v) is 5.58. The molecule has 1 amide bonds. The van der Waals surface area contributed by atoms with E-state index in [1.165, 1.54) is 13.2 Å². The highest BCUT2D eigenvalue weighted by molar-refractivity contribution is 6.31. The van der Waals surface area contributed by atoms with Gasteiger partial charge < -0.3 is 14.5 Å². The van der Waals surface area contributed by atoms with Gasteiger partial charge in [-0.15, -0.1) is 0 Å². The summed E-state index contributed by atoms with van der Waals surface area (Å²) in [6.07, 6.45) is -0.0636. The number of amides is 1. The molecular weight excluding hydrogens is 330 g/mol. The number of ether oxygens (including phenoxy) is 1. The van der Waals surface area contributed by atoms with Gasteiger partial charge in [-0.1, -0.05) is 23.7 Å². The number of carbonyl (C=O) groups is 1. The maximum atomic E-state index is 12.2. The topological polar surface area (TPSA) is 68.5 Å². The van der Waals surface area contributed by atoms with Crippen LogP contribution >= 0.6 is 11.6 Å². The number of hydrogen-bond acceptors (Lipinski definition) is 4. The zero-order chi connectivity index (χ0) is 17.1. The molecule has 0 saturated heterocycles. The van der Waals surface area contributed by atoms with Crippen molar-refractivity contribution < 1.29 is 13.9 Å². The molecule has 6 heteroatoms. The van der Waals surface area contributed by atoms with Crippen molar-refractivity contribution in [2.45, 2.75) is 6.42 Å². The summed E-state index contributed by atoms with van der Waals surface area (Å²) in [5.41, 5.74) is 0.714. The third-order valence-corrected chi connectivity index (χ3v) is 3.69. The molecule has 1 heterocycles. The second kappa shape index (κ2) is 6.76. The average Bonchev–Trinajstić information content (AvgIpc) is 2.56. The minimum absolute atomic E-state index is 0.0636. The van der Waals surface area contributed by atoms with E-state index in [0.717, 1.165) is 0 Å². The van der Waals surface area contributed by atoms with E-state index in [1.807, 2.05) is 6.07 Å². The van der Waals surface area contributed by atoms with E-state index in [-0.39, 0.29) is 23.5 Å². The van der Waals surface area contributed by atoms with Crippen LogP contribution < -0.4 is 15.5 Å². The SMILES string of the molecule is COc1ccccc1NC(=O)Cc1cc(=O)c2cc(Cl)ccc2o1. The third kappa shape index (κ3) is 3.41.